The lowest BCUT2D eigenvalue weighted by atomic mass is 9.80. The molecule has 0 bridgehead atoms. The highest BCUT2D eigenvalue weighted by atomic mass is 127. The minimum absolute atomic E-state index is 0.187. The van der Waals surface area contributed by atoms with E-state index in [0.717, 1.165) is 197 Å². The number of nitrogens with zero attached hydrogens (tertiary/aromatic N) is 19. The first-order chi connectivity index (χ1) is 46.2. The number of hydrogen-bond acceptors (Lipinski definition) is 14. The third kappa shape index (κ3) is 14.5. The first kappa shape index (κ1) is 64.0. The molecule has 1 aliphatic heterocycles. The summed E-state index contributed by atoms with van der Waals surface area (Å²) in [6.45, 7) is 4.45. The summed E-state index contributed by atoms with van der Waals surface area (Å²) in [7, 11) is 0. The molecule has 476 valence electrons. The summed E-state index contributed by atoms with van der Waals surface area (Å²) in [6.07, 6.45) is 45.4. The van der Waals surface area contributed by atoms with Crippen LogP contribution in [-0.4, -0.2) is 92.7 Å². The van der Waals surface area contributed by atoms with Crippen molar-refractivity contribution in [3.05, 3.63) is 172 Å². The lowest BCUT2D eigenvalue weighted by molar-refractivity contribution is 0.316. The van der Waals surface area contributed by atoms with Crippen molar-refractivity contribution in [2.24, 2.45) is 23.7 Å². The minimum atomic E-state index is 0.187. The van der Waals surface area contributed by atoms with Crippen molar-refractivity contribution in [1.82, 2.24) is 73.1 Å². The maximum absolute atomic E-state index is 9.27. The van der Waals surface area contributed by atoms with E-state index in [1.165, 1.54) is 31.5 Å². The number of nitriles is 4. The molecule has 0 N–H and O–H groups in total. The monoisotopic (exact) mass is 1420 g/mol. The van der Waals surface area contributed by atoms with E-state index in [0.29, 0.717) is 23.7 Å². The van der Waals surface area contributed by atoms with Crippen LogP contribution in [0.15, 0.2) is 146 Å². The molecule has 4 aliphatic carbocycles. The Morgan fingerprint density at radius 2 is 0.809 bits per heavy atom. The second-order valence-electron chi connectivity index (χ2n) is 25.7. The topological polar surface area (TPSA) is 237 Å². The van der Waals surface area contributed by atoms with Gasteiger partial charge in [-0.15, -0.1) is 0 Å². The zero-order valence-corrected chi connectivity index (χ0v) is 56.5. The summed E-state index contributed by atoms with van der Waals surface area (Å²) in [5.41, 5.74) is 15.8. The van der Waals surface area contributed by atoms with Gasteiger partial charge in [0.05, 0.1) is 105 Å². The van der Waals surface area contributed by atoms with Crippen LogP contribution in [0.3, 0.4) is 0 Å². The van der Waals surface area contributed by atoms with Gasteiger partial charge in [0.15, 0.2) is 0 Å². The van der Waals surface area contributed by atoms with Gasteiger partial charge in [-0.3, -0.25) is 24.6 Å². The molecule has 16 rings (SSSR count). The minimum Gasteiger partial charge on any atom is -0.301 e. The van der Waals surface area contributed by atoms with Crippen LogP contribution in [0.5, 0.6) is 0 Å². The number of aromatic nitrogens is 14. The fourth-order valence-electron chi connectivity index (χ4n) is 14.7. The van der Waals surface area contributed by atoms with E-state index >= 15 is 0 Å². The number of likely N-dealkylation sites (tertiary alicyclic amines) is 1. The quantitative estimate of drug-likeness (QED) is 0.116. The average Bonchev–Trinajstić information content (AvgIpc) is 1.68. The van der Waals surface area contributed by atoms with Gasteiger partial charge < -0.3 is 4.90 Å². The van der Waals surface area contributed by atoms with E-state index < -0.39 is 0 Å². The van der Waals surface area contributed by atoms with Gasteiger partial charge in [-0.1, -0.05) is 52.3 Å². The van der Waals surface area contributed by atoms with Crippen LogP contribution in [0, 0.1) is 72.6 Å². The molecule has 1 saturated heterocycles. The van der Waals surface area contributed by atoms with Gasteiger partial charge in [0.25, 0.3) is 0 Å². The molecular formula is C73H75BrIN19. The summed E-state index contributed by atoms with van der Waals surface area (Å²) in [6, 6.07) is 28.6. The van der Waals surface area contributed by atoms with Crippen LogP contribution in [0.25, 0.3) is 55.4 Å². The molecule has 0 spiro atoms. The second-order valence-corrected chi connectivity index (χ2v) is 27.8. The van der Waals surface area contributed by atoms with Gasteiger partial charge >= 0.3 is 0 Å². The fourth-order valence-corrected chi connectivity index (χ4v) is 15.6. The maximum atomic E-state index is 9.27. The van der Waals surface area contributed by atoms with Crippen molar-refractivity contribution in [2.75, 3.05) is 19.6 Å². The van der Waals surface area contributed by atoms with Crippen LogP contribution >= 0.6 is 38.5 Å². The summed E-state index contributed by atoms with van der Waals surface area (Å²) in [4.78, 5) is 21.1. The van der Waals surface area contributed by atoms with Crippen molar-refractivity contribution in [2.45, 2.75) is 146 Å². The lowest BCUT2D eigenvalue weighted by Gasteiger charge is -2.24. The Hall–Kier alpha value is -8.74. The number of benzene rings is 2. The van der Waals surface area contributed by atoms with Gasteiger partial charge in [0.2, 0.25) is 0 Å². The Morgan fingerprint density at radius 1 is 0.404 bits per heavy atom. The average molecular weight is 1430 g/mol. The third-order valence-corrected chi connectivity index (χ3v) is 21.4. The highest BCUT2D eigenvalue weighted by Crippen LogP contribution is 2.42. The first-order valence-corrected chi connectivity index (χ1v) is 35.2. The van der Waals surface area contributed by atoms with Crippen LogP contribution in [-0.2, 0) is 6.54 Å². The predicted molar refractivity (Wildman–Crippen MR) is 371 cm³/mol. The highest BCUT2D eigenvalue weighted by Gasteiger charge is 2.30. The first-order valence-electron chi connectivity index (χ1n) is 33.3. The van der Waals surface area contributed by atoms with Gasteiger partial charge in [-0.25, -0.2) is 18.1 Å². The van der Waals surface area contributed by atoms with E-state index in [2.05, 4.69) is 150 Å². The van der Waals surface area contributed by atoms with E-state index in [-0.39, 0.29) is 23.7 Å². The molecule has 0 amide bonds. The normalized spacial score (nSPS) is 22.1. The Balaban J connectivity index is 0.000000119. The van der Waals surface area contributed by atoms with Crippen LogP contribution in [0.2, 0.25) is 0 Å². The molecule has 94 heavy (non-hydrogen) atoms. The molecule has 19 nitrogen and oxygen atoms in total. The number of rotatable bonds is 10. The largest absolute Gasteiger partial charge is 0.301 e. The SMILES string of the molecule is N#CC1CCC(c2nccn3ncc(-c4ccc(-c5cnn(CCN6CCCC6)c5)cc4)c23)CC1.N#CC1CCC(c2nccn3ncc(-c4ccc(Br)cc4)c23)CC1.N#CC1CCC(c2nccn3ncc(I)c23)CC1.N#CC1CCC(c2nccn3nccc23)CC1. The molecular weight excluding hydrogens is 1350 g/mol. The Bertz CT molecular complexity index is 4520. The zero-order chi connectivity index (χ0) is 64.3. The zero-order valence-electron chi connectivity index (χ0n) is 52.7. The van der Waals surface area contributed by atoms with Gasteiger partial charge in [0, 0.05) is 131 Å². The smallest absolute Gasteiger partial charge is 0.101 e. The number of halogens is 2. The Labute approximate surface area is 569 Å². The van der Waals surface area contributed by atoms with Gasteiger partial charge in [0.1, 0.15) is 5.52 Å². The standard InChI is InChI=1S/C28H31N7.C19H17BrN4.C13H13IN4.C13H14N4/c29-17-21-3-5-24(6-4-21)27-28-26(19-32-35(28)14-11-30-27)23-9-7-22(8-10-23)25-18-31-34(20-25)16-15-33-12-1-2-13-33;20-16-7-5-14(6-8-16)17-12-23-24-10-9-22-18(19(17)24)15-3-1-13(11-21)2-4-15;14-11-8-17-18-6-5-16-12(13(11)18)10-3-1-9(7-15)2-4-10;14-9-10-1-3-11(4-2-10)13-12-5-6-16-17(12)8-7-15-13/h7-11,14,18-21,24H,1-6,12-13,15-16H2;5-10,12-13,15H,1-4H2;5-6,8-10H,1-4H2;5-8,10-11H,1-4H2. The molecule has 0 radical (unpaired) electrons. The number of hydrogen-bond donors (Lipinski definition) is 0. The second kappa shape index (κ2) is 30.1. The van der Waals surface area contributed by atoms with Crippen molar-refractivity contribution >= 4 is 60.6 Å². The maximum Gasteiger partial charge on any atom is 0.101 e. The van der Waals surface area contributed by atoms with Crippen LogP contribution < -0.4 is 0 Å². The van der Waals surface area contributed by atoms with Crippen molar-refractivity contribution in [1.29, 1.82) is 21.0 Å². The lowest BCUT2D eigenvalue weighted by Crippen LogP contribution is -2.24. The van der Waals surface area contributed by atoms with Crippen LogP contribution in [0.1, 0.15) is 162 Å². The molecule has 9 aromatic heterocycles. The third-order valence-electron chi connectivity index (χ3n) is 20.0. The molecule has 11 aromatic rings. The molecule has 2 aromatic carbocycles. The Morgan fingerprint density at radius 3 is 1.29 bits per heavy atom. The molecule has 5 aliphatic rings. The van der Waals surface area contributed by atoms with E-state index in [9.17, 15) is 5.26 Å². The van der Waals surface area contributed by atoms with Gasteiger partial charge in [-0.2, -0.15) is 46.5 Å². The molecule has 4 saturated carbocycles. The number of fused-ring (bicyclic) bond motifs is 4. The van der Waals surface area contributed by atoms with Crippen molar-refractivity contribution in [3.8, 4) is 57.7 Å². The van der Waals surface area contributed by atoms with E-state index in [1.54, 1.807) is 6.20 Å². The molecule has 5 fully saturated rings. The Kier molecular flexibility index (Phi) is 20.5. The van der Waals surface area contributed by atoms with E-state index in [1.807, 2.05) is 111 Å². The molecule has 0 atom stereocenters. The summed E-state index contributed by atoms with van der Waals surface area (Å²) in [5, 5.41) is 58.5. The summed E-state index contributed by atoms with van der Waals surface area (Å²) in [5.74, 6) is 2.63. The fraction of sp³-hybridized carbons (Fsp3) is 0.411. The molecule has 0 unspecified atom stereocenters. The van der Waals surface area contributed by atoms with Crippen molar-refractivity contribution < 1.29 is 0 Å². The summed E-state index contributed by atoms with van der Waals surface area (Å²) < 4.78 is 11.9. The molecule has 10 heterocycles. The van der Waals surface area contributed by atoms with Crippen molar-refractivity contribution in [3.63, 3.8) is 0 Å². The highest BCUT2D eigenvalue weighted by molar-refractivity contribution is 14.1. The van der Waals surface area contributed by atoms with E-state index in [4.69, 9.17) is 25.8 Å². The van der Waals surface area contributed by atoms with Crippen LogP contribution in [0.4, 0.5) is 0 Å². The molecule has 21 heteroatoms. The summed E-state index contributed by atoms with van der Waals surface area (Å²) >= 11 is 5.80. The van der Waals surface area contributed by atoms with Gasteiger partial charge in [-0.05, 0) is 186 Å². The predicted octanol–water partition coefficient (Wildman–Crippen LogP) is 15.8.